The van der Waals surface area contributed by atoms with Crippen LogP contribution in [0.15, 0.2) is 41.4 Å². The minimum atomic E-state index is -3.62. The summed E-state index contributed by atoms with van der Waals surface area (Å²) in [6.45, 7) is 5.89. The predicted molar refractivity (Wildman–Crippen MR) is 85.3 cm³/mol. The first kappa shape index (κ1) is 15.8. The topological polar surface area (TPSA) is 59.1 Å². The molecule has 0 unspecified atom stereocenters. The number of halogens is 1. The van der Waals surface area contributed by atoms with E-state index in [0.717, 1.165) is 5.56 Å². The van der Waals surface area contributed by atoms with E-state index in [9.17, 15) is 8.42 Å². The number of pyridine rings is 1. The number of rotatable bonds is 4. The highest BCUT2D eigenvalue weighted by Crippen LogP contribution is 2.21. The van der Waals surface area contributed by atoms with Crippen molar-refractivity contribution >= 4 is 27.3 Å². The number of sulfonamides is 1. The Morgan fingerprint density at radius 2 is 1.81 bits per heavy atom. The fourth-order valence-electron chi connectivity index (χ4n) is 1.86. The van der Waals surface area contributed by atoms with Crippen LogP contribution < -0.4 is 4.72 Å². The Labute approximate surface area is 130 Å². The lowest BCUT2D eigenvalue weighted by atomic mass is 10.0. The molecule has 0 aliphatic carbocycles. The van der Waals surface area contributed by atoms with E-state index in [0.29, 0.717) is 22.3 Å². The number of aromatic nitrogens is 1. The number of hydrogen-bond acceptors (Lipinski definition) is 3. The Morgan fingerprint density at radius 3 is 2.33 bits per heavy atom. The van der Waals surface area contributed by atoms with E-state index < -0.39 is 10.0 Å². The van der Waals surface area contributed by atoms with Gasteiger partial charge in [0.15, 0.2) is 0 Å². The van der Waals surface area contributed by atoms with Gasteiger partial charge in [0, 0.05) is 0 Å². The van der Waals surface area contributed by atoms with Gasteiger partial charge < -0.3 is 0 Å². The van der Waals surface area contributed by atoms with Crippen molar-refractivity contribution in [3.63, 3.8) is 0 Å². The third-order valence-corrected chi connectivity index (χ3v) is 4.92. The summed E-state index contributed by atoms with van der Waals surface area (Å²) in [6.07, 6.45) is 1.40. The highest BCUT2D eigenvalue weighted by Gasteiger charge is 2.15. The Kier molecular flexibility index (Phi) is 4.54. The molecule has 1 N–H and O–H groups in total. The summed E-state index contributed by atoms with van der Waals surface area (Å²) < 4.78 is 27.1. The molecule has 0 aliphatic rings. The summed E-state index contributed by atoms with van der Waals surface area (Å²) in [7, 11) is -3.62. The van der Waals surface area contributed by atoms with Crippen LogP contribution in [0.5, 0.6) is 0 Å². The second-order valence-electron chi connectivity index (χ2n) is 5.16. The van der Waals surface area contributed by atoms with Crippen molar-refractivity contribution in [1.82, 2.24) is 4.98 Å². The monoisotopic (exact) mass is 324 g/mol. The number of nitrogens with zero attached hydrogens (tertiary/aromatic N) is 1. The molecule has 6 heteroatoms. The van der Waals surface area contributed by atoms with Crippen LogP contribution in [0.25, 0.3) is 0 Å². The molecule has 0 amide bonds. The molecule has 0 spiro atoms. The van der Waals surface area contributed by atoms with Gasteiger partial charge in [-0.2, -0.15) is 0 Å². The summed E-state index contributed by atoms with van der Waals surface area (Å²) in [4.78, 5) is 4.15. The average Bonchev–Trinajstić information content (AvgIpc) is 2.43. The lowest BCUT2D eigenvalue weighted by Gasteiger charge is -2.10. The largest absolute Gasteiger partial charge is 0.278 e. The van der Waals surface area contributed by atoms with Crippen molar-refractivity contribution in [2.45, 2.75) is 31.6 Å². The van der Waals surface area contributed by atoms with E-state index in [1.165, 1.54) is 6.20 Å². The van der Waals surface area contributed by atoms with Gasteiger partial charge in [-0.1, -0.05) is 37.6 Å². The third kappa shape index (κ3) is 3.74. The molecular formula is C15H17ClN2O2S. The molecule has 0 atom stereocenters. The number of benzene rings is 1. The predicted octanol–water partition coefficient (Wildman–Crippen LogP) is 3.97. The highest BCUT2D eigenvalue weighted by molar-refractivity contribution is 7.92. The Balaban J connectivity index is 2.27. The van der Waals surface area contributed by atoms with Crippen LogP contribution in [0.2, 0.25) is 5.15 Å². The highest BCUT2D eigenvalue weighted by atomic mass is 35.5. The van der Waals surface area contributed by atoms with Crippen molar-refractivity contribution in [2.75, 3.05) is 4.72 Å². The van der Waals surface area contributed by atoms with E-state index in [-0.39, 0.29) is 4.90 Å². The molecular weight excluding hydrogens is 308 g/mol. The SMILES string of the molecule is Cc1cc(NS(=O)(=O)c2ccc(C(C)C)cc2)cnc1Cl. The van der Waals surface area contributed by atoms with Crippen molar-refractivity contribution in [2.24, 2.45) is 0 Å². The molecule has 2 aromatic rings. The molecule has 0 saturated carbocycles. The second kappa shape index (κ2) is 6.03. The molecule has 21 heavy (non-hydrogen) atoms. The zero-order valence-electron chi connectivity index (χ0n) is 12.1. The third-order valence-electron chi connectivity index (χ3n) is 3.12. The van der Waals surface area contributed by atoms with E-state index >= 15 is 0 Å². The van der Waals surface area contributed by atoms with Gasteiger partial charge in [-0.05, 0) is 42.2 Å². The summed E-state index contributed by atoms with van der Waals surface area (Å²) in [5, 5.41) is 0.360. The maximum Gasteiger partial charge on any atom is 0.261 e. The van der Waals surface area contributed by atoms with Gasteiger partial charge in [0.2, 0.25) is 0 Å². The minimum Gasteiger partial charge on any atom is -0.278 e. The van der Waals surface area contributed by atoms with Crippen LogP contribution in [0, 0.1) is 6.92 Å². The first-order valence-corrected chi connectivity index (χ1v) is 8.40. The summed E-state index contributed by atoms with van der Waals surface area (Å²) in [5.74, 6) is 0.359. The van der Waals surface area contributed by atoms with Gasteiger partial charge in [0.05, 0.1) is 16.8 Å². The van der Waals surface area contributed by atoms with Crippen molar-refractivity contribution in [3.8, 4) is 0 Å². The van der Waals surface area contributed by atoms with Gasteiger partial charge >= 0.3 is 0 Å². The van der Waals surface area contributed by atoms with Crippen LogP contribution in [0.3, 0.4) is 0 Å². The smallest absolute Gasteiger partial charge is 0.261 e. The summed E-state index contributed by atoms with van der Waals surface area (Å²) in [5.41, 5.74) is 2.20. The number of nitrogens with one attached hydrogen (secondary N) is 1. The van der Waals surface area contributed by atoms with E-state index in [1.807, 2.05) is 12.1 Å². The van der Waals surface area contributed by atoms with Crippen molar-refractivity contribution < 1.29 is 8.42 Å². The average molecular weight is 325 g/mol. The van der Waals surface area contributed by atoms with Gasteiger partial charge in [-0.25, -0.2) is 13.4 Å². The molecule has 112 valence electrons. The van der Waals surface area contributed by atoms with Crippen LogP contribution in [-0.2, 0) is 10.0 Å². The van der Waals surface area contributed by atoms with Crippen LogP contribution in [0.4, 0.5) is 5.69 Å². The molecule has 1 aromatic heterocycles. The number of aryl methyl sites for hydroxylation is 1. The fourth-order valence-corrected chi connectivity index (χ4v) is 3.00. The molecule has 0 fully saturated rings. The fraction of sp³-hybridized carbons (Fsp3) is 0.267. The summed E-state index contributed by atoms with van der Waals surface area (Å²) in [6, 6.07) is 8.51. The van der Waals surface area contributed by atoms with Crippen LogP contribution >= 0.6 is 11.6 Å². The molecule has 0 aliphatic heterocycles. The molecule has 0 saturated heterocycles. The standard InChI is InChI=1S/C15H17ClN2O2S/c1-10(2)12-4-6-14(7-5-12)21(19,20)18-13-8-11(3)15(16)17-9-13/h4-10,18H,1-3H3. The molecule has 1 heterocycles. The summed E-state index contributed by atoms with van der Waals surface area (Å²) >= 11 is 5.83. The zero-order chi connectivity index (χ0) is 15.6. The molecule has 2 rings (SSSR count). The van der Waals surface area contributed by atoms with E-state index in [4.69, 9.17) is 11.6 Å². The lowest BCUT2D eigenvalue weighted by Crippen LogP contribution is -2.13. The Morgan fingerprint density at radius 1 is 1.19 bits per heavy atom. The van der Waals surface area contributed by atoms with E-state index in [2.05, 4.69) is 23.6 Å². The minimum absolute atomic E-state index is 0.222. The van der Waals surface area contributed by atoms with Crippen LogP contribution in [-0.4, -0.2) is 13.4 Å². The van der Waals surface area contributed by atoms with Gasteiger partial charge in [0.1, 0.15) is 5.15 Å². The Bertz CT molecular complexity index is 741. The maximum atomic E-state index is 12.3. The number of anilines is 1. The van der Waals surface area contributed by atoms with Gasteiger partial charge in [-0.3, -0.25) is 4.72 Å². The van der Waals surface area contributed by atoms with Gasteiger partial charge in [-0.15, -0.1) is 0 Å². The Hall–Kier alpha value is -1.59. The maximum absolute atomic E-state index is 12.3. The first-order chi connectivity index (χ1) is 9.79. The second-order valence-corrected chi connectivity index (χ2v) is 7.20. The normalized spacial score (nSPS) is 11.7. The number of hydrogen-bond donors (Lipinski definition) is 1. The molecule has 4 nitrogen and oxygen atoms in total. The molecule has 1 aromatic carbocycles. The molecule has 0 radical (unpaired) electrons. The zero-order valence-corrected chi connectivity index (χ0v) is 13.7. The van der Waals surface area contributed by atoms with Gasteiger partial charge in [0.25, 0.3) is 10.0 Å². The van der Waals surface area contributed by atoms with Crippen molar-refractivity contribution in [3.05, 3.63) is 52.8 Å². The van der Waals surface area contributed by atoms with Crippen molar-refractivity contribution in [1.29, 1.82) is 0 Å². The molecule has 0 bridgehead atoms. The lowest BCUT2D eigenvalue weighted by molar-refractivity contribution is 0.601. The quantitative estimate of drug-likeness (QED) is 0.866. The first-order valence-electron chi connectivity index (χ1n) is 6.54. The van der Waals surface area contributed by atoms with Crippen LogP contribution in [0.1, 0.15) is 30.9 Å². The van der Waals surface area contributed by atoms with E-state index in [1.54, 1.807) is 25.1 Å².